The average molecular weight is 539 g/mol. The van der Waals surface area contributed by atoms with E-state index in [1.807, 2.05) is 60.9 Å². The minimum Gasteiger partial charge on any atom is -0.474 e. The van der Waals surface area contributed by atoms with Gasteiger partial charge in [-0.05, 0) is 42.7 Å². The zero-order chi connectivity index (χ0) is 26.6. The summed E-state index contributed by atoms with van der Waals surface area (Å²) < 4.78 is 8.48. The Balaban J connectivity index is 1.10. The molecule has 0 unspecified atom stereocenters. The summed E-state index contributed by atoms with van der Waals surface area (Å²) in [7, 11) is 0. The molecule has 1 fully saturated rings. The van der Waals surface area contributed by atoms with Crippen molar-refractivity contribution in [2.75, 3.05) is 13.1 Å². The molecule has 1 aliphatic heterocycles. The summed E-state index contributed by atoms with van der Waals surface area (Å²) in [5.41, 5.74) is 4.65. The Morgan fingerprint density at radius 1 is 1.03 bits per heavy atom. The van der Waals surface area contributed by atoms with E-state index in [0.717, 1.165) is 66.3 Å². The summed E-state index contributed by atoms with van der Waals surface area (Å²) in [5.74, 6) is 2.32. The summed E-state index contributed by atoms with van der Waals surface area (Å²) in [6.45, 7) is 10.6. The summed E-state index contributed by atoms with van der Waals surface area (Å²) in [5, 5.41) is 7.70. The van der Waals surface area contributed by atoms with Crippen LogP contribution in [0.15, 0.2) is 67.1 Å². The molecule has 2 aromatic carbocycles. The lowest BCUT2D eigenvalue weighted by Gasteiger charge is -2.31. The molecule has 5 aromatic rings. The van der Waals surface area contributed by atoms with Gasteiger partial charge in [0.2, 0.25) is 5.88 Å². The Kier molecular flexibility index (Phi) is 7.21. The fourth-order valence-corrected chi connectivity index (χ4v) is 5.08. The summed E-state index contributed by atoms with van der Waals surface area (Å²) >= 11 is 6.00. The van der Waals surface area contributed by atoms with Gasteiger partial charge in [-0.25, -0.2) is 14.8 Å². The number of halogens is 1. The lowest BCUT2D eigenvalue weighted by atomic mass is 10.1. The first-order valence-electron chi connectivity index (χ1n) is 12.9. The lowest BCUT2D eigenvalue weighted by molar-refractivity contribution is 0.0911. The molecule has 0 atom stereocenters. The van der Waals surface area contributed by atoms with Gasteiger partial charge in [0.1, 0.15) is 17.8 Å². The molecule has 1 N–H and O–H groups in total. The second kappa shape index (κ2) is 11.2. The number of rotatable bonds is 8. The summed E-state index contributed by atoms with van der Waals surface area (Å²) in [6.07, 6.45) is 8.03. The number of ether oxygens (including phenoxy) is 1. The van der Waals surface area contributed by atoms with Gasteiger partial charge >= 0.3 is 0 Å². The number of hydrogen-bond acceptors (Lipinski definition) is 6. The van der Waals surface area contributed by atoms with Crippen molar-refractivity contribution >= 4 is 28.3 Å². The van der Waals surface area contributed by atoms with E-state index in [4.69, 9.17) is 27.9 Å². The SMILES string of the molecule is [C-]#[N+]c1ccc2c(c1)nc(CN1CCC(Oc3ccnc(Cc4ccc(Cl)cc4)n3)CC1)n2Cc1cn[nH]c1. The van der Waals surface area contributed by atoms with Gasteiger partial charge in [-0.15, -0.1) is 0 Å². The third-order valence-electron chi connectivity index (χ3n) is 6.98. The number of H-pyrrole nitrogens is 1. The number of likely N-dealkylation sites (tertiary alicyclic amines) is 1. The first kappa shape index (κ1) is 25.0. The highest BCUT2D eigenvalue weighted by atomic mass is 35.5. The van der Waals surface area contributed by atoms with Crippen molar-refractivity contribution in [3.05, 3.63) is 106 Å². The quantitative estimate of drug-likeness (QED) is 0.265. The number of aromatic nitrogens is 6. The second-order valence-corrected chi connectivity index (χ2v) is 10.1. The molecule has 0 aliphatic carbocycles. The number of aromatic amines is 1. The first-order chi connectivity index (χ1) is 19.1. The molecule has 0 radical (unpaired) electrons. The maximum Gasteiger partial charge on any atom is 0.216 e. The monoisotopic (exact) mass is 538 g/mol. The number of hydrogen-bond donors (Lipinski definition) is 1. The molecule has 196 valence electrons. The molecule has 0 spiro atoms. The molecule has 9 nitrogen and oxygen atoms in total. The molecular formula is C29H27ClN8O. The Morgan fingerprint density at radius 2 is 1.87 bits per heavy atom. The van der Waals surface area contributed by atoms with Gasteiger partial charge in [-0.2, -0.15) is 10.1 Å². The normalized spacial score (nSPS) is 14.5. The van der Waals surface area contributed by atoms with E-state index < -0.39 is 0 Å². The molecule has 4 heterocycles. The van der Waals surface area contributed by atoms with Crippen molar-refractivity contribution in [2.45, 2.75) is 38.5 Å². The van der Waals surface area contributed by atoms with E-state index in [0.29, 0.717) is 29.6 Å². The van der Waals surface area contributed by atoms with Crippen molar-refractivity contribution in [1.82, 2.24) is 34.6 Å². The Bertz CT molecular complexity index is 1600. The van der Waals surface area contributed by atoms with Gasteiger partial charge in [0.25, 0.3) is 0 Å². The van der Waals surface area contributed by atoms with Crippen LogP contribution < -0.4 is 4.74 Å². The van der Waals surface area contributed by atoms with Crippen LogP contribution >= 0.6 is 11.6 Å². The number of imidazole rings is 1. The van der Waals surface area contributed by atoms with E-state index in [-0.39, 0.29) is 6.10 Å². The number of nitrogens with zero attached hydrogens (tertiary/aromatic N) is 7. The van der Waals surface area contributed by atoms with Crippen LogP contribution in [0.5, 0.6) is 5.88 Å². The van der Waals surface area contributed by atoms with Crippen LogP contribution in [0.4, 0.5) is 5.69 Å². The number of benzene rings is 2. The van der Waals surface area contributed by atoms with Crippen molar-refractivity contribution in [2.24, 2.45) is 0 Å². The van der Waals surface area contributed by atoms with E-state index in [2.05, 4.69) is 34.5 Å². The number of nitrogens with one attached hydrogen (secondary N) is 1. The summed E-state index contributed by atoms with van der Waals surface area (Å²) in [4.78, 5) is 19.9. The third kappa shape index (κ3) is 5.93. The van der Waals surface area contributed by atoms with Crippen LogP contribution in [0.1, 0.15) is 35.6 Å². The van der Waals surface area contributed by atoms with Crippen molar-refractivity contribution in [3.63, 3.8) is 0 Å². The smallest absolute Gasteiger partial charge is 0.216 e. The second-order valence-electron chi connectivity index (χ2n) is 9.71. The zero-order valence-electron chi connectivity index (χ0n) is 21.3. The molecule has 0 saturated carbocycles. The molecule has 39 heavy (non-hydrogen) atoms. The highest BCUT2D eigenvalue weighted by Crippen LogP contribution is 2.25. The standard InChI is InChI=1S/C29H27ClN8O/c1-31-23-6-7-26-25(15-23)35-28(38(26)18-21-16-33-34-17-21)19-37-12-9-24(10-13-37)39-29-8-11-32-27(36-29)14-20-2-4-22(30)5-3-20/h2-8,11,15-17,24H,9-10,12-14,18-19H2,(H,33,34). The fourth-order valence-electron chi connectivity index (χ4n) is 4.95. The van der Waals surface area contributed by atoms with Crippen molar-refractivity contribution in [1.29, 1.82) is 0 Å². The number of piperidine rings is 1. The van der Waals surface area contributed by atoms with E-state index in [1.54, 1.807) is 6.20 Å². The van der Waals surface area contributed by atoms with Crippen molar-refractivity contribution in [3.8, 4) is 5.88 Å². The van der Waals surface area contributed by atoms with Crippen LogP contribution in [-0.2, 0) is 19.5 Å². The van der Waals surface area contributed by atoms with Crippen LogP contribution in [-0.4, -0.2) is 53.8 Å². The van der Waals surface area contributed by atoms with Crippen LogP contribution in [0.2, 0.25) is 5.02 Å². The maximum absolute atomic E-state index is 7.36. The molecule has 1 saturated heterocycles. The molecule has 0 amide bonds. The van der Waals surface area contributed by atoms with Gasteiger partial charge in [-0.3, -0.25) is 10.00 Å². The topological polar surface area (TPSA) is 89.1 Å². The third-order valence-corrected chi connectivity index (χ3v) is 7.23. The van der Waals surface area contributed by atoms with Gasteiger partial charge in [0.05, 0.1) is 36.9 Å². The van der Waals surface area contributed by atoms with Crippen LogP contribution in [0.25, 0.3) is 15.9 Å². The van der Waals surface area contributed by atoms with Crippen LogP contribution in [0.3, 0.4) is 0 Å². The predicted molar refractivity (Wildman–Crippen MR) is 149 cm³/mol. The lowest BCUT2D eigenvalue weighted by Crippen LogP contribution is -2.38. The molecule has 0 bridgehead atoms. The minimum absolute atomic E-state index is 0.102. The highest BCUT2D eigenvalue weighted by molar-refractivity contribution is 6.30. The summed E-state index contributed by atoms with van der Waals surface area (Å²) in [6, 6.07) is 15.3. The highest BCUT2D eigenvalue weighted by Gasteiger charge is 2.23. The first-order valence-corrected chi connectivity index (χ1v) is 13.3. The Hall–Kier alpha value is -4.26. The molecule has 1 aliphatic rings. The van der Waals surface area contributed by atoms with Gasteiger partial charge in [0, 0.05) is 48.6 Å². The molecule has 3 aromatic heterocycles. The van der Waals surface area contributed by atoms with Gasteiger partial charge in [-0.1, -0.05) is 29.8 Å². The largest absolute Gasteiger partial charge is 0.474 e. The molecule has 10 heteroatoms. The maximum atomic E-state index is 7.36. The number of fused-ring (bicyclic) bond motifs is 1. The molecular weight excluding hydrogens is 512 g/mol. The predicted octanol–water partition coefficient (Wildman–Crippen LogP) is 5.44. The fraction of sp³-hybridized carbons (Fsp3) is 0.276. The molecule has 6 rings (SSSR count). The minimum atomic E-state index is 0.102. The van der Waals surface area contributed by atoms with Crippen LogP contribution in [0, 0.1) is 6.57 Å². The van der Waals surface area contributed by atoms with E-state index >= 15 is 0 Å². The zero-order valence-corrected chi connectivity index (χ0v) is 22.1. The van der Waals surface area contributed by atoms with Gasteiger partial charge < -0.3 is 9.30 Å². The van der Waals surface area contributed by atoms with E-state index in [1.165, 1.54) is 0 Å². The van der Waals surface area contributed by atoms with Crippen molar-refractivity contribution < 1.29 is 4.74 Å². The van der Waals surface area contributed by atoms with E-state index in [9.17, 15) is 0 Å². The Morgan fingerprint density at radius 3 is 2.64 bits per heavy atom. The average Bonchev–Trinajstić information content (AvgIpc) is 3.59. The van der Waals surface area contributed by atoms with Gasteiger partial charge in [0.15, 0.2) is 5.69 Å². The Labute approximate surface area is 231 Å².